The number of methoxy groups -OCH3 is 1. The zero-order valence-corrected chi connectivity index (χ0v) is 12.7. The van der Waals surface area contributed by atoms with Gasteiger partial charge in [-0.3, -0.25) is 4.68 Å². The van der Waals surface area contributed by atoms with Gasteiger partial charge in [-0.1, -0.05) is 0 Å². The maximum atomic E-state index is 5.01. The molecule has 1 N–H and O–H groups in total. The number of anilines is 1. The van der Waals surface area contributed by atoms with Crippen molar-refractivity contribution in [2.75, 3.05) is 19.0 Å². The van der Waals surface area contributed by atoms with Gasteiger partial charge >= 0.3 is 0 Å². The van der Waals surface area contributed by atoms with Crippen molar-refractivity contribution < 1.29 is 4.74 Å². The highest BCUT2D eigenvalue weighted by Gasteiger charge is 2.10. The van der Waals surface area contributed by atoms with Crippen molar-refractivity contribution in [2.45, 2.75) is 19.5 Å². The van der Waals surface area contributed by atoms with Crippen molar-refractivity contribution in [1.82, 2.24) is 14.8 Å². The molecule has 0 saturated carbocycles. The monoisotopic (exact) mass is 330 g/mol. The minimum absolute atomic E-state index is 0.145. The average Bonchev–Trinajstić information content (AvgIpc) is 2.96. The molecule has 0 aliphatic carbocycles. The Labute approximate surface area is 118 Å². The molecule has 0 aromatic carbocycles. The molecule has 0 amide bonds. The van der Waals surface area contributed by atoms with E-state index in [0.717, 1.165) is 21.2 Å². The van der Waals surface area contributed by atoms with Gasteiger partial charge in [0.05, 0.1) is 29.2 Å². The molecule has 18 heavy (non-hydrogen) atoms. The predicted octanol–water partition coefficient (Wildman–Crippen LogP) is 2.92. The molecule has 0 radical (unpaired) electrons. The van der Waals surface area contributed by atoms with E-state index in [4.69, 9.17) is 4.74 Å². The second-order valence-corrected chi connectivity index (χ2v) is 6.27. The van der Waals surface area contributed by atoms with Gasteiger partial charge in [0, 0.05) is 19.4 Å². The van der Waals surface area contributed by atoms with E-state index in [2.05, 4.69) is 38.3 Å². The van der Waals surface area contributed by atoms with E-state index >= 15 is 0 Å². The number of rotatable bonds is 6. The van der Waals surface area contributed by atoms with E-state index in [9.17, 15) is 0 Å². The summed E-state index contributed by atoms with van der Waals surface area (Å²) >= 11 is 5.04. The Balaban J connectivity index is 1.94. The van der Waals surface area contributed by atoms with Gasteiger partial charge in [0.25, 0.3) is 0 Å². The lowest BCUT2D eigenvalue weighted by atomic mass is 10.3. The lowest BCUT2D eigenvalue weighted by Gasteiger charge is -2.09. The topological polar surface area (TPSA) is 52.0 Å². The summed E-state index contributed by atoms with van der Waals surface area (Å²) in [5, 5.41) is 8.77. The second-order valence-electron chi connectivity index (χ2n) is 3.83. The van der Waals surface area contributed by atoms with Crippen LogP contribution in [0.1, 0.15) is 18.0 Å². The number of nitrogens with zero attached hydrogens (tertiary/aromatic N) is 3. The van der Waals surface area contributed by atoms with Gasteiger partial charge in [-0.15, -0.1) is 11.3 Å². The molecule has 98 valence electrons. The highest BCUT2D eigenvalue weighted by atomic mass is 79.9. The summed E-state index contributed by atoms with van der Waals surface area (Å²) in [6.07, 6.45) is 3.75. The highest BCUT2D eigenvalue weighted by molar-refractivity contribution is 9.11. The molecule has 0 unspecified atom stereocenters. The zero-order chi connectivity index (χ0) is 13.0. The summed E-state index contributed by atoms with van der Waals surface area (Å²) in [6.45, 7) is 3.49. The molecule has 0 saturated heterocycles. The third-order valence-corrected chi connectivity index (χ3v) is 4.05. The van der Waals surface area contributed by atoms with Gasteiger partial charge in [0.1, 0.15) is 10.8 Å². The van der Waals surface area contributed by atoms with Gasteiger partial charge < -0.3 is 10.1 Å². The molecule has 0 aliphatic rings. The number of thiazole rings is 1. The van der Waals surface area contributed by atoms with Crippen LogP contribution in [-0.4, -0.2) is 28.5 Å². The standard InChI is InChI=1S/C11H15BrN4OS/c1-8(11-13-7-9(12)18-11)14-10-3-4-16(15-10)5-6-17-2/h3-4,7-8H,5-6H2,1-2H3,(H,14,15)/t8-/m0/s1. The normalized spacial score (nSPS) is 12.6. The van der Waals surface area contributed by atoms with Crippen LogP contribution < -0.4 is 5.32 Å². The fourth-order valence-corrected chi connectivity index (χ4v) is 2.74. The van der Waals surface area contributed by atoms with Crippen LogP contribution in [0.15, 0.2) is 22.2 Å². The molecule has 7 heteroatoms. The van der Waals surface area contributed by atoms with E-state index in [1.165, 1.54) is 0 Å². The zero-order valence-electron chi connectivity index (χ0n) is 10.3. The maximum absolute atomic E-state index is 5.01. The fraction of sp³-hybridized carbons (Fsp3) is 0.455. The van der Waals surface area contributed by atoms with Gasteiger partial charge in [0.15, 0.2) is 0 Å². The van der Waals surface area contributed by atoms with E-state index in [0.29, 0.717) is 6.61 Å². The Morgan fingerprint density at radius 3 is 3.11 bits per heavy atom. The predicted molar refractivity (Wildman–Crippen MR) is 76.0 cm³/mol. The highest BCUT2D eigenvalue weighted by Crippen LogP contribution is 2.26. The summed E-state index contributed by atoms with van der Waals surface area (Å²) in [6, 6.07) is 2.10. The first-order valence-electron chi connectivity index (χ1n) is 5.59. The Hall–Kier alpha value is -0.920. The molecule has 1 atom stereocenters. The minimum atomic E-state index is 0.145. The Kier molecular flexibility index (Phi) is 4.73. The minimum Gasteiger partial charge on any atom is -0.383 e. The molecule has 0 aliphatic heterocycles. The number of halogens is 1. The van der Waals surface area contributed by atoms with Crippen LogP contribution in [0.2, 0.25) is 0 Å². The quantitative estimate of drug-likeness (QED) is 0.884. The van der Waals surface area contributed by atoms with Crippen molar-refractivity contribution in [2.24, 2.45) is 0 Å². The van der Waals surface area contributed by atoms with Crippen molar-refractivity contribution in [1.29, 1.82) is 0 Å². The first kappa shape index (κ1) is 13.5. The molecule has 5 nitrogen and oxygen atoms in total. The van der Waals surface area contributed by atoms with Crippen LogP contribution in [-0.2, 0) is 11.3 Å². The molecule has 0 fully saturated rings. The van der Waals surface area contributed by atoms with Crippen LogP contribution in [0.5, 0.6) is 0 Å². The average molecular weight is 331 g/mol. The third kappa shape index (κ3) is 3.54. The summed E-state index contributed by atoms with van der Waals surface area (Å²) < 4.78 is 7.91. The van der Waals surface area contributed by atoms with Crippen molar-refractivity contribution in [3.05, 3.63) is 27.3 Å². The molecule has 0 spiro atoms. The SMILES string of the molecule is COCCn1ccc(N[C@@H](C)c2ncc(Br)s2)n1. The largest absolute Gasteiger partial charge is 0.383 e. The molecule has 2 rings (SSSR count). The molecular formula is C11H15BrN4OS. The molecule has 2 aromatic heterocycles. The number of nitrogens with one attached hydrogen (secondary N) is 1. The van der Waals surface area contributed by atoms with Crippen LogP contribution in [0.25, 0.3) is 0 Å². The van der Waals surface area contributed by atoms with Crippen molar-refractivity contribution in [3.63, 3.8) is 0 Å². The van der Waals surface area contributed by atoms with Gasteiger partial charge in [-0.25, -0.2) is 4.98 Å². The summed E-state index contributed by atoms with van der Waals surface area (Å²) in [5.74, 6) is 0.852. The van der Waals surface area contributed by atoms with Crippen molar-refractivity contribution >= 4 is 33.1 Å². The Bertz CT molecular complexity index is 499. The number of hydrogen-bond donors (Lipinski definition) is 1. The van der Waals surface area contributed by atoms with Crippen LogP contribution in [0, 0.1) is 0 Å². The molecule has 0 bridgehead atoms. The first-order chi connectivity index (χ1) is 8.69. The second kappa shape index (κ2) is 6.31. The molecule has 2 heterocycles. The summed E-state index contributed by atoms with van der Waals surface area (Å²) in [4.78, 5) is 4.32. The fourth-order valence-electron chi connectivity index (χ4n) is 1.50. The van der Waals surface area contributed by atoms with E-state index in [1.807, 2.05) is 23.1 Å². The number of ether oxygens (including phenoxy) is 1. The summed E-state index contributed by atoms with van der Waals surface area (Å²) in [5.41, 5.74) is 0. The van der Waals surface area contributed by atoms with E-state index in [1.54, 1.807) is 18.4 Å². The van der Waals surface area contributed by atoms with Crippen LogP contribution >= 0.6 is 27.3 Å². The third-order valence-electron chi connectivity index (χ3n) is 2.40. The smallest absolute Gasteiger partial charge is 0.148 e. The lowest BCUT2D eigenvalue weighted by molar-refractivity contribution is 0.183. The molecule has 2 aromatic rings. The molecular weight excluding hydrogens is 316 g/mol. The van der Waals surface area contributed by atoms with Crippen molar-refractivity contribution in [3.8, 4) is 0 Å². The van der Waals surface area contributed by atoms with Gasteiger partial charge in [0.2, 0.25) is 0 Å². The van der Waals surface area contributed by atoms with Gasteiger partial charge in [-0.05, 0) is 22.9 Å². The Morgan fingerprint density at radius 1 is 1.61 bits per heavy atom. The number of hydrogen-bond acceptors (Lipinski definition) is 5. The Morgan fingerprint density at radius 2 is 2.44 bits per heavy atom. The van der Waals surface area contributed by atoms with E-state index in [-0.39, 0.29) is 6.04 Å². The van der Waals surface area contributed by atoms with Gasteiger partial charge in [-0.2, -0.15) is 5.10 Å². The number of aromatic nitrogens is 3. The van der Waals surface area contributed by atoms with Crippen LogP contribution in [0.3, 0.4) is 0 Å². The first-order valence-corrected chi connectivity index (χ1v) is 7.20. The van der Waals surface area contributed by atoms with E-state index < -0.39 is 0 Å². The maximum Gasteiger partial charge on any atom is 0.148 e. The summed E-state index contributed by atoms with van der Waals surface area (Å²) in [7, 11) is 1.69. The lowest BCUT2D eigenvalue weighted by Crippen LogP contribution is -2.08. The van der Waals surface area contributed by atoms with Crippen LogP contribution in [0.4, 0.5) is 5.82 Å².